The molecule has 0 radical (unpaired) electrons. The smallest absolute Gasteiger partial charge is 0.325 e. The summed E-state index contributed by atoms with van der Waals surface area (Å²) in [5.74, 6) is 0.314. The molecule has 1 aromatic carbocycles. The zero-order valence-electron chi connectivity index (χ0n) is 16.7. The number of hydrogen-bond donors (Lipinski definition) is 1. The predicted molar refractivity (Wildman–Crippen MR) is 109 cm³/mol. The predicted octanol–water partition coefficient (Wildman–Crippen LogP) is 4.06. The number of rotatable bonds is 4. The highest BCUT2D eigenvalue weighted by atomic mass is 32.1. The summed E-state index contributed by atoms with van der Waals surface area (Å²) in [6, 6.07) is 11.1. The first-order chi connectivity index (χ1) is 13.7. The SMILES string of the molecule is CC(C)(C)c1ccc(C2(C)NC(=O)N(Cc3nc(-c4cccs4)no3)C2=O)cc1. The molecule has 150 valence electrons. The molecule has 1 aliphatic rings. The summed E-state index contributed by atoms with van der Waals surface area (Å²) >= 11 is 1.49. The standard InChI is InChI=1S/C21H22N4O3S/c1-20(2,3)13-7-9-14(10-8-13)21(4)18(26)25(19(27)23-21)12-16-22-17(24-28-16)15-6-5-11-29-15/h5-11H,12H2,1-4H3,(H,23,27). The lowest BCUT2D eigenvalue weighted by Gasteiger charge is -2.24. The van der Waals surface area contributed by atoms with Gasteiger partial charge >= 0.3 is 6.03 Å². The molecule has 2 aromatic heterocycles. The van der Waals surface area contributed by atoms with Crippen molar-refractivity contribution < 1.29 is 14.1 Å². The fraction of sp³-hybridized carbons (Fsp3) is 0.333. The third-order valence-electron chi connectivity index (χ3n) is 5.11. The minimum atomic E-state index is -1.13. The van der Waals surface area contributed by atoms with E-state index in [-0.39, 0.29) is 23.8 Å². The average molecular weight is 410 g/mol. The molecule has 7 nitrogen and oxygen atoms in total. The van der Waals surface area contributed by atoms with Gasteiger partial charge in [0.1, 0.15) is 12.1 Å². The average Bonchev–Trinajstić information content (AvgIpc) is 3.39. The van der Waals surface area contributed by atoms with Crippen LogP contribution in [0, 0.1) is 0 Å². The lowest BCUT2D eigenvalue weighted by molar-refractivity contribution is -0.131. The van der Waals surface area contributed by atoms with E-state index in [1.807, 2.05) is 41.8 Å². The van der Waals surface area contributed by atoms with E-state index in [0.29, 0.717) is 5.82 Å². The molecule has 4 rings (SSSR count). The molecule has 0 spiro atoms. The minimum Gasteiger partial charge on any atom is -0.337 e. The highest BCUT2D eigenvalue weighted by Crippen LogP contribution is 2.32. The second kappa shape index (κ2) is 6.81. The molecule has 1 unspecified atom stereocenters. The van der Waals surface area contributed by atoms with Gasteiger partial charge in [-0.25, -0.2) is 4.79 Å². The van der Waals surface area contributed by atoms with Crippen molar-refractivity contribution in [3.8, 4) is 10.7 Å². The molecule has 3 aromatic rings. The Morgan fingerprint density at radius 2 is 1.90 bits per heavy atom. The van der Waals surface area contributed by atoms with Crippen molar-refractivity contribution in [2.45, 2.75) is 45.2 Å². The van der Waals surface area contributed by atoms with Crippen molar-refractivity contribution in [1.82, 2.24) is 20.4 Å². The van der Waals surface area contributed by atoms with Gasteiger partial charge in [0.15, 0.2) is 0 Å². The maximum atomic E-state index is 13.1. The van der Waals surface area contributed by atoms with Crippen molar-refractivity contribution in [3.63, 3.8) is 0 Å². The lowest BCUT2D eigenvalue weighted by Crippen LogP contribution is -2.40. The number of carbonyl (C=O) groups is 2. The van der Waals surface area contributed by atoms with E-state index in [0.717, 1.165) is 20.9 Å². The van der Waals surface area contributed by atoms with Gasteiger partial charge in [-0.1, -0.05) is 56.3 Å². The van der Waals surface area contributed by atoms with Gasteiger partial charge in [-0.05, 0) is 34.9 Å². The number of urea groups is 1. The number of aromatic nitrogens is 2. The molecule has 1 fully saturated rings. The fourth-order valence-electron chi connectivity index (χ4n) is 3.30. The van der Waals surface area contributed by atoms with Crippen LogP contribution in [0.25, 0.3) is 10.7 Å². The van der Waals surface area contributed by atoms with E-state index in [4.69, 9.17) is 4.52 Å². The van der Waals surface area contributed by atoms with Crippen LogP contribution in [0.2, 0.25) is 0 Å². The van der Waals surface area contributed by atoms with Gasteiger partial charge in [0, 0.05) is 0 Å². The Labute approximate surface area is 172 Å². The highest BCUT2D eigenvalue weighted by molar-refractivity contribution is 7.13. The number of benzene rings is 1. The van der Waals surface area contributed by atoms with Gasteiger partial charge < -0.3 is 9.84 Å². The van der Waals surface area contributed by atoms with Crippen LogP contribution in [0.15, 0.2) is 46.3 Å². The van der Waals surface area contributed by atoms with Crippen molar-refractivity contribution >= 4 is 23.3 Å². The zero-order valence-corrected chi connectivity index (χ0v) is 17.5. The Bertz CT molecular complexity index is 1050. The zero-order chi connectivity index (χ0) is 20.8. The molecule has 0 bridgehead atoms. The monoisotopic (exact) mass is 410 g/mol. The summed E-state index contributed by atoms with van der Waals surface area (Å²) in [7, 11) is 0. The van der Waals surface area contributed by atoms with Crippen LogP contribution in [0.5, 0.6) is 0 Å². The Balaban J connectivity index is 1.55. The number of hydrogen-bond acceptors (Lipinski definition) is 6. The van der Waals surface area contributed by atoms with Crippen LogP contribution in [0.4, 0.5) is 4.79 Å². The molecule has 0 saturated carbocycles. The molecule has 29 heavy (non-hydrogen) atoms. The summed E-state index contributed by atoms with van der Waals surface area (Å²) in [6.07, 6.45) is 0. The molecule has 1 atom stereocenters. The Hall–Kier alpha value is -3.00. The van der Waals surface area contributed by atoms with E-state index < -0.39 is 11.6 Å². The van der Waals surface area contributed by atoms with E-state index in [2.05, 4.69) is 36.2 Å². The summed E-state index contributed by atoms with van der Waals surface area (Å²) < 4.78 is 5.25. The maximum Gasteiger partial charge on any atom is 0.325 e. The van der Waals surface area contributed by atoms with E-state index in [1.54, 1.807) is 6.92 Å². The summed E-state index contributed by atoms with van der Waals surface area (Å²) in [5.41, 5.74) is 0.762. The van der Waals surface area contributed by atoms with Crippen LogP contribution in [0.1, 0.15) is 44.7 Å². The first kappa shape index (κ1) is 19.3. The molecule has 1 saturated heterocycles. The minimum absolute atomic E-state index is 0.00658. The van der Waals surface area contributed by atoms with Crippen LogP contribution in [-0.2, 0) is 22.3 Å². The highest BCUT2D eigenvalue weighted by Gasteiger charge is 2.49. The fourth-order valence-corrected chi connectivity index (χ4v) is 3.95. The van der Waals surface area contributed by atoms with Crippen molar-refractivity contribution in [3.05, 3.63) is 58.8 Å². The Kier molecular flexibility index (Phi) is 4.53. The van der Waals surface area contributed by atoms with Gasteiger partial charge in [0.05, 0.1) is 4.88 Å². The molecule has 0 aliphatic carbocycles. The number of imide groups is 1. The molecule has 8 heteroatoms. The summed E-state index contributed by atoms with van der Waals surface area (Å²) in [5, 5.41) is 8.66. The van der Waals surface area contributed by atoms with Gasteiger partial charge in [0.2, 0.25) is 11.7 Å². The first-order valence-corrected chi connectivity index (χ1v) is 10.2. The van der Waals surface area contributed by atoms with Gasteiger partial charge in [-0.15, -0.1) is 11.3 Å². The number of nitrogens with one attached hydrogen (secondary N) is 1. The number of nitrogens with zero attached hydrogens (tertiary/aromatic N) is 3. The largest absolute Gasteiger partial charge is 0.337 e. The van der Waals surface area contributed by atoms with Crippen molar-refractivity contribution in [1.29, 1.82) is 0 Å². The number of thiophene rings is 1. The van der Waals surface area contributed by atoms with Crippen molar-refractivity contribution in [2.75, 3.05) is 0 Å². The molecule has 3 amide bonds. The lowest BCUT2D eigenvalue weighted by atomic mass is 9.84. The van der Waals surface area contributed by atoms with Crippen LogP contribution in [0.3, 0.4) is 0 Å². The van der Waals surface area contributed by atoms with Crippen LogP contribution < -0.4 is 5.32 Å². The number of amides is 3. The molecule has 1 aliphatic heterocycles. The van der Waals surface area contributed by atoms with Crippen molar-refractivity contribution in [2.24, 2.45) is 0 Å². The summed E-state index contributed by atoms with van der Waals surface area (Å²) in [4.78, 5) is 31.9. The van der Waals surface area contributed by atoms with Crippen LogP contribution >= 0.6 is 11.3 Å². The van der Waals surface area contributed by atoms with E-state index in [9.17, 15) is 9.59 Å². The molecular weight excluding hydrogens is 388 g/mol. The van der Waals surface area contributed by atoms with E-state index in [1.165, 1.54) is 11.3 Å². The quantitative estimate of drug-likeness (QED) is 0.655. The van der Waals surface area contributed by atoms with Gasteiger partial charge in [-0.2, -0.15) is 4.98 Å². The third-order valence-corrected chi connectivity index (χ3v) is 5.97. The normalized spacial score (nSPS) is 19.7. The molecular formula is C21H22N4O3S. The Morgan fingerprint density at radius 1 is 1.17 bits per heavy atom. The van der Waals surface area contributed by atoms with E-state index >= 15 is 0 Å². The molecule has 1 N–H and O–H groups in total. The maximum absolute atomic E-state index is 13.1. The summed E-state index contributed by atoms with van der Waals surface area (Å²) in [6.45, 7) is 8.03. The second-order valence-electron chi connectivity index (χ2n) is 8.26. The van der Waals surface area contributed by atoms with Crippen LogP contribution in [-0.4, -0.2) is 27.0 Å². The number of carbonyl (C=O) groups excluding carboxylic acids is 2. The molecule has 3 heterocycles. The third kappa shape index (κ3) is 3.44. The second-order valence-corrected chi connectivity index (χ2v) is 9.21. The van der Waals surface area contributed by atoms with Gasteiger partial charge in [-0.3, -0.25) is 9.69 Å². The topological polar surface area (TPSA) is 88.3 Å². The van der Waals surface area contributed by atoms with Gasteiger partial charge in [0.25, 0.3) is 5.91 Å². The first-order valence-electron chi connectivity index (χ1n) is 9.30. The Morgan fingerprint density at radius 3 is 2.52 bits per heavy atom.